The Morgan fingerprint density at radius 2 is 2.42 bits per heavy atom. The van der Waals surface area contributed by atoms with Crippen molar-refractivity contribution in [3.05, 3.63) is 5.01 Å². The van der Waals surface area contributed by atoms with Crippen LogP contribution in [0.15, 0.2) is 0 Å². The zero-order chi connectivity index (χ0) is 8.60. The molecule has 66 valence electrons. The summed E-state index contributed by atoms with van der Waals surface area (Å²) in [5.74, 6) is 0. The van der Waals surface area contributed by atoms with E-state index in [2.05, 4.69) is 17.1 Å². The van der Waals surface area contributed by atoms with Crippen LogP contribution in [-0.2, 0) is 10.2 Å². The van der Waals surface area contributed by atoms with Gasteiger partial charge in [0.2, 0.25) is 5.13 Å². The van der Waals surface area contributed by atoms with Gasteiger partial charge in [0.1, 0.15) is 5.01 Å². The number of nitrogen functional groups attached to an aromatic ring is 1. The smallest absolute Gasteiger partial charge is 0.203 e. The normalized spacial score (nSPS) is 29.4. The molecule has 4 nitrogen and oxygen atoms in total. The highest BCUT2D eigenvalue weighted by Gasteiger charge is 2.34. The molecule has 2 heterocycles. The first-order valence-corrected chi connectivity index (χ1v) is 4.70. The summed E-state index contributed by atoms with van der Waals surface area (Å²) >= 11 is 1.46. The Kier molecular flexibility index (Phi) is 1.77. The zero-order valence-electron chi connectivity index (χ0n) is 6.91. The van der Waals surface area contributed by atoms with E-state index in [1.807, 2.05) is 0 Å². The van der Waals surface area contributed by atoms with E-state index in [1.54, 1.807) is 0 Å². The van der Waals surface area contributed by atoms with Crippen molar-refractivity contribution in [1.82, 2.24) is 10.2 Å². The van der Waals surface area contributed by atoms with Gasteiger partial charge in [-0.3, -0.25) is 0 Å². The highest BCUT2D eigenvalue weighted by Crippen LogP contribution is 2.34. The molecule has 0 aromatic carbocycles. The fraction of sp³-hybridized carbons (Fsp3) is 0.714. The van der Waals surface area contributed by atoms with Gasteiger partial charge in [-0.1, -0.05) is 18.3 Å². The van der Waals surface area contributed by atoms with Crippen molar-refractivity contribution >= 4 is 16.5 Å². The number of aromatic nitrogens is 2. The second kappa shape index (κ2) is 2.67. The molecule has 0 bridgehead atoms. The third kappa shape index (κ3) is 1.19. The van der Waals surface area contributed by atoms with Crippen LogP contribution in [0.5, 0.6) is 0 Å². The Balaban J connectivity index is 2.28. The highest BCUT2D eigenvalue weighted by molar-refractivity contribution is 7.15. The number of hydrogen-bond donors (Lipinski definition) is 1. The minimum atomic E-state index is 0.0509. The third-order valence-electron chi connectivity index (χ3n) is 2.18. The largest absolute Gasteiger partial charge is 0.380 e. The molecule has 5 heteroatoms. The lowest BCUT2D eigenvalue weighted by molar-refractivity contribution is 0.180. The fourth-order valence-electron chi connectivity index (χ4n) is 1.31. The predicted octanol–water partition coefficient (Wildman–Crippen LogP) is 0.798. The van der Waals surface area contributed by atoms with E-state index in [9.17, 15) is 0 Å². The first-order valence-electron chi connectivity index (χ1n) is 3.88. The van der Waals surface area contributed by atoms with Crippen LogP contribution in [0.4, 0.5) is 5.13 Å². The molecule has 1 unspecified atom stereocenters. The van der Waals surface area contributed by atoms with Crippen LogP contribution in [0.1, 0.15) is 18.4 Å². The number of hydrogen-bond acceptors (Lipinski definition) is 5. The average molecular weight is 185 g/mol. The molecule has 1 aromatic rings. The summed E-state index contributed by atoms with van der Waals surface area (Å²) in [6.07, 6.45) is 1.02. The van der Waals surface area contributed by atoms with Gasteiger partial charge in [-0.05, 0) is 6.42 Å². The molecule has 0 spiro atoms. The van der Waals surface area contributed by atoms with E-state index >= 15 is 0 Å². The van der Waals surface area contributed by atoms with E-state index in [0.29, 0.717) is 5.13 Å². The van der Waals surface area contributed by atoms with Crippen molar-refractivity contribution in [2.75, 3.05) is 18.9 Å². The molecular formula is C7H11N3OS. The molecule has 1 atom stereocenters. The molecule has 0 amide bonds. The van der Waals surface area contributed by atoms with Gasteiger partial charge in [-0.2, -0.15) is 0 Å². The molecule has 2 rings (SSSR count). The van der Waals surface area contributed by atoms with E-state index in [1.165, 1.54) is 11.3 Å². The van der Waals surface area contributed by atoms with Crippen molar-refractivity contribution in [2.45, 2.75) is 18.8 Å². The number of anilines is 1. The minimum absolute atomic E-state index is 0.0509. The monoisotopic (exact) mass is 185 g/mol. The van der Waals surface area contributed by atoms with E-state index < -0.39 is 0 Å². The molecule has 0 saturated carbocycles. The average Bonchev–Trinajstić information content (AvgIpc) is 2.59. The first kappa shape index (κ1) is 7.94. The van der Waals surface area contributed by atoms with Gasteiger partial charge in [-0.25, -0.2) is 0 Å². The summed E-state index contributed by atoms with van der Waals surface area (Å²) in [4.78, 5) is 0. The van der Waals surface area contributed by atoms with Crippen LogP contribution in [-0.4, -0.2) is 23.4 Å². The van der Waals surface area contributed by atoms with Crippen molar-refractivity contribution in [3.63, 3.8) is 0 Å². The zero-order valence-corrected chi connectivity index (χ0v) is 7.73. The topological polar surface area (TPSA) is 61.0 Å². The molecule has 1 aliphatic rings. The number of ether oxygens (including phenoxy) is 1. The molecule has 12 heavy (non-hydrogen) atoms. The summed E-state index contributed by atoms with van der Waals surface area (Å²) in [5.41, 5.74) is 5.56. The molecular weight excluding hydrogens is 174 g/mol. The Hall–Kier alpha value is -0.680. The predicted molar refractivity (Wildman–Crippen MR) is 47.1 cm³/mol. The Morgan fingerprint density at radius 3 is 2.92 bits per heavy atom. The van der Waals surface area contributed by atoms with Gasteiger partial charge in [0.15, 0.2) is 0 Å². The van der Waals surface area contributed by atoms with Gasteiger partial charge in [0.05, 0.1) is 6.61 Å². The SMILES string of the molecule is CC1(c2nnc(N)s2)CCOC1. The second-order valence-electron chi connectivity index (χ2n) is 3.31. The Bertz CT molecular complexity index is 280. The van der Waals surface area contributed by atoms with Crippen LogP contribution in [0.25, 0.3) is 0 Å². The standard InChI is InChI=1S/C7H11N3OS/c1-7(2-3-11-4-7)5-9-10-6(8)12-5/h2-4H2,1H3,(H2,8,10). The lowest BCUT2D eigenvalue weighted by Gasteiger charge is -2.16. The molecule has 1 aromatic heterocycles. The van der Waals surface area contributed by atoms with Gasteiger partial charge in [0, 0.05) is 12.0 Å². The number of rotatable bonds is 1. The van der Waals surface area contributed by atoms with Crippen LogP contribution in [0, 0.1) is 0 Å². The van der Waals surface area contributed by atoms with Crippen LogP contribution in [0.2, 0.25) is 0 Å². The van der Waals surface area contributed by atoms with Crippen molar-refractivity contribution in [1.29, 1.82) is 0 Å². The molecule has 0 aliphatic carbocycles. The third-order valence-corrected chi connectivity index (χ3v) is 3.23. The molecule has 1 saturated heterocycles. The van der Waals surface area contributed by atoms with Crippen molar-refractivity contribution < 1.29 is 4.74 Å². The Labute approximate surface area is 74.8 Å². The maximum Gasteiger partial charge on any atom is 0.203 e. The number of nitrogens with two attached hydrogens (primary N) is 1. The quantitative estimate of drug-likeness (QED) is 0.703. The first-order chi connectivity index (χ1) is 5.71. The van der Waals surface area contributed by atoms with E-state index in [4.69, 9.17) is 10.5 Å². The summed E-state index contributed by atoms with van der Waals surface area (Å²) in [6.45, 7) is 3.69. The summed E-state index contributed by atoms with van der Waals surface area (Å²) in [7, 11) is 0. The molecule has 0 radical (unpaired) electrons. The highest BCUT2D eigenvalue weighted by atomic mass is 32.1. The lowest BCUT2D eigenvalue weighted by atomic mass is 9.91. The second-order valence-corrected chi connectivity index (χ2v) is 4.32. The van der Waals surface area contributed by atoms with E-state index in [0.717, 1.165) is 24.6 Å². The van der Waals surface area contributed by atoms with Gasteiger partial charge >= 0.3 is 0 Å². The lowest BCUT2D eigenvalue weighted by Crippen LogP contribution is -2.21. The minimum Gasteiger partial charge on any atom is -0.380 e. The van der Waals surface area contributed by atoms with E-state index in [-0.39, 0.29) is 5.41 Å². The van der Waals surface area contributed by atoms with Crippen LogP contribution >= 0.6 is 11.3 Å². The molecule has 2 N–H and O–H groups in total. The van der Waals surface area contributed by atoms with Gasteiger partial charge < -0.3 is 10.5 Å². The molecule has 1 fully saturated rings. The van der Waals surface area contributed by atoms with Crippen molar-refractivity contribution in [2.24, 2.45) is 0 Å². The van der Waals surface area contributed by atoms with Crippen molar-refractivity contribution in [3.8, 4) is 0 Å². The summed E-state index contributed by atoms with van der Waals surface area (Å²) in [6, 6.07) is 0. The summed E-state index contributed by atoms with van der Waals surface area (Å²) < 4.78 is 5.32. The van der Waals surface area contributed by atoms with Gasteiger partial charge in [-0.15, -0.1) is 10.2 Å². The Morgan fingerprint density at radius 1 is 1.58 bits per heavy atom. The molecule has 1 aliphatic heterocycles. The fourth-order valence-corrected chi connectivity index (χ4v) is 2.08. The summed E-state index contributed by atoms with van der Waals surface area (Å²) in [5, 5.41) is 9.37. The van der Waals surface area contributed by atoms with Crippen LogP contribution in [0.3, 0.4) is 0 Å². The van der Waals surface area contributed by atoms with Crippen LogP contribution < -0.4 is 5.73 Å². The maximum absolute atomic E-state index is 5.51. The van der Waals surface area contributed by atoms with Gasteiger partial charge in [0.25, 0.3) is 0 Å². The maximum atomic E-state index is 5.51. The number of nitrogens with zero attached hydrogens (tertiary/aromatic N) is 2.